The van der Waals surface area contributed by atoms with Crippen LogP contribution in [0.4, 0.5) is 0 Å². The molecule has 0 amide bonds. The molecular formula is C49H51N3O12. The summed E-state index contributed by atoms with van der Waals surface area (Å²) in [4.78, 5) is 16.4. The van der Waals surface area contributed by atoms with Crippen molar-refractivity contribution < 1.29 is 56.9 Å². The fourth-order valence-electron chi connectivity index (χ4n) is 7.95. The minimum Gasteiger partial charge on any atom is -0.497 e. The zero-order valence-electron chi connectivity index (χ0n) is 35.5. The lowest BCUT2D eigenvalue weighted by Crippen LogP contribution is -2.67. The van der Waals surface area contributed by atoms with Gasteiger partial charge in [0.2, 0.25) is 6.29 Å². The molecule has 3 saturated heterocycles. The van der Waals surface area contributed by atoms with Gasteiger partial charge in [-0.25, -0.2) is 0 Å². The zero-order chi connectivity index (χ0) is 44.1. The third kappa shape index (κ3) is 11.5. The normalized spacial score (nSPS) is 27.6. The van der Waals surface area contributed by atoms with Crippen molar-refractivity contribution in [2.45, 2.75) is 94.4 Å². The molecule has 0 radical (unpaired) electrons. The average Bonchev–Trinajstić information content (AvgIpc) is 3.33. The molecule has 11 atom stereocenters. The van der Waals surface area contributed by atoms with Crippen LogP contribution in [0.1, 0.15) is 35.5 Å². The quantitative estimate of drug-likeness (QED) is 0.0361. The third-order valence-electron chi connectivity index (χ3n) is 11.0. The van der Waals surface area contributed by atoms with Crippen molar-refractivity contribution in [3.05, 3.63) is 178 Å². The van der Waals surface area contributed by atoms with E-state index in [4.69, 9.17) is 52.1 Å². The molecule has 0 N–H and O–H groups in total. The number of fused-ring (bicyclic) bond motifs is 1. The first-order valence-electron chi connectivity index (χ1n) is 21.2. The van der Waals surface area contributed by atoms with Crippen LogP contribution in [0.2, 0.25) is 0 Å². The van der Waals surface area contributed by atoms with Crippen LogP contribution < -0.4 is 9.47 Å². The highest BCUT2D eigenvalue weighted by molar-refractivity contribution is 5.66. The predicted octanol–water partition coefficient (Wildman–Crippen LogP) is 8.02. The van der Waals surface area contributed by atoms with Crippen LogP contribution in [0.25, 0.3) is 10.4 Å². The van der Waals surface area contributed by atoms with E-state index in [2.05, 4.69) is 10.0 Å². The van der Waals surface area contributed by atoms with Gasteiger partial charge < -0.3 is 52.1 Å². The number of ether oxygens (including phenoxy) is 11. The van der Waals surface area contributed by atoms with E-state index in [9.17, 15) is 10.3 Å². The summed E-state index contributed by atoms with van der Waals surface area (Å²) in [5, 5.41) is 4.21. The minimum absolute atomic E-state index is 0.0371. The Balaban J connectivity index is 1.16. The van der Waals surface area contributed by atoms with Crippen LogP contribution in [0.5, 0.6) is 11.5 Å². The van der Waals surface area contributed by atoms with Gasteiger partial charge in [0.25, 0.3) is 0 Å². The van der Waals surface area contributed by atoms with Gasteiger partial charge >= 0.3 is 5.97 Å². The minimum atomic E-state index is -1.35. The molecule has 15 nitrogen and oxygen atoms in total. The van der Waals surface area contributed by atoms with E-state index in [1.807, 2.05) is 121 Å². The number of esters is 1. The van der Waals surface area contributed by atoms with Crippen LogP contribution in [0, 0.1) is 0 Å². The fraction of sp³-hybridized carbons (Fsp3) is 0.367. The van der Waals surface area contributed by atoms with Gasteiger partial charge in [-0.15, -0.1) is 0 Å². The summed E-state index contributed by atoms with van der Waals surface area (Å²) in [5.74, 6) is 0.421. The maximum Gasteiger partial charge on any atom is 0.303 e. The summed E-state index contributed by atoms with van der Waals surface area (Å²) in [6, 6.07) is 44.2. The molecule has 0 aromatic heterocycles. The Morgan fingerprint density at radius 3 is 1.84 bits per heavy atom. The molecule has 5 aromatic rings. The molecule has 0 bridgehead atoms. The summed E-state index contributed by atoms with van der Waals surface area (Å²) in [7, 11) is 1.57. The number of carbonyl (C=O) groups is 1. The first-order chi connectivity index (χ1) is 31.4. The second kappa shape index (κ2) is 22.2. The SMILES string of the molecule is COc1ccc(O[C@@H]2O[C@@H]3CO[C@@H](c4ccccc4)O[C@H]3[C@H](O[C@@H]3O[C@H](COCc4ccccc4)[C@@H](OCc4ccccc4)[C@H](OCc4ccccc4)[C@H]3OC(C)=O)[C@H]2N=[N+]=[N-])cc1. The molecule has 3 fully saturated rings. The second-order valence-corrected chi connectivity index (χ2v) is 15.4. The molecule has 0 saturated carbocycles. The lowest BCUT2D eigenvalue weighted by atomic mass is 9.94. The number of carbonyl (C=O) groups excluding carboxylic acids is 1. The van der Waals surface area contributed by atoms with Gasteiger partial charge in [0, 0.05) is 17.4 Å². The van der Waals surface area contributed by atoms with Crippen molar-refractivity contribution in [3.8, 4) is 11.5 Å². The molecule has 3 aliphatic rings. The van der Waals surface area contributed by atoms with Crippen LogP contribution in [0.15, 0.2) is 151 Å². The highest BCUT2D eigenvalue weighted by atomic mass is 16.8. The van der Waals surface area contributed by atoms with E-state index >= 15 is 0 Å². The Labute approximate surface area is 371 Å². The topological polar surface area (TPSA) is 167 Å². The van der Waals surface area contributed by atoms with Crippen molar-refractivity contribution in [3.63, 3.8) is 0 Å². The van der Waals surface area contributed by atoms with E-state index in [1.165, 1.54) is 6.92 Å². The van der Waals surface area contributed by atoms with Gasteiger partial charge in [0.05, 0.1) is 40.1 Å². The number of rotatable bonds is 18. The maximum atomic E-state index is 13.2. The molecule has 3 aliphatic heterocycles. The van der Waals surface area contributed by atoms with Gasteiger partial charge in [0.15, 0.2) is 18.7 Å². The van der Waals surface area contributed by atoms with Crippen molar-refractivity contribution in [1.29, 1.82) is 0 Å². The Morgan fingerprint density at radius 2 is 1.25 bits per heavy atom. The summed E-state index contributed by atoms with van der Waals surface area (Å²) in [6.07, 6.45) is -10.0. The Bertz CT molecular complexity index is 2240. The lowest BCUT2D eigenvalue weighted by Gasteiger charge is -2.51. The highest BCUT2D eigenvalue weighted by Gasteiger charge is 2.56. The smallest absolute Gasteiger partial charge is 0.303 e. The van der Waals surface area contributed by atoms with E-state index in [0.29, 0.717) is 11.5 Å². The van der Waals surface area contributed by atoms with Crippen LogP contribution in [0.3, 0.4) is 0 Å². The van der Waals surface area contributed by atoms with Crippen molar-refractivity contribution in [2.75, 3.05) is 20.3 Å². The maximum absolute atomic E-state index is 13.2. The Hall–Kier alpha value is -5.84. The summed E-state index contributed by atoms with van der Waals surface area (Å²) >= 11 is 0. The van der Waals surface area contributed by atoms with Crippen molar-refractivity contribution in [1.82, 2.24) is 0 Å². The standard InChI is InChI=1S/C49H51N3O12/c1-32(53)59-46-45(57-29-35-19-11-5-12-20-35)42(56-28-34-17-9-4-10-18-34)39(30-55-27-33-15-7-3-8-16-33)62-49(46)64-44-41(51-52-50)48(60-38-25-23-37(54-2)24-26-38)61-40-31-58-47(63-43(40)44)36-21-13-6-14-22-36/h3-26,39-49H,27-31H2,1-2H3/t39-,40-,41-,42-,43-,44-,45+,46-,47-,48-,49+/m1/s1. The second-order valence-electron chi connectivity index (χ2n) is 15.4. The van der Waals surface area contributed by atoms with E-state index in [1.54, 1.807) is 31.4 Å². The van der Waals surface area contributed by atoms with Crippen molar-refractivity contribution in [2.24, 2.45) is 5.11 Å². The van der Waals surface area contributed by atoms with E-state index in [-0.39, 0.29) is 33.0 Å². The number of hydrogen-bond donors (Lipinski definition) is 0. The predicted molar refractivity (Wildman–Crippen MR) is 230 cm³/mol. The molecule has 0 unspecified atom stereocenters. The average molecular weight is 874 g/mol. The van der Waals surface area contributed by atoms with Crippen LogP contribution in [-0.2, 0) is 67.2 Å². The summed E-state index contributed by atoms with van der Waals surface area (Å²) in [5.41, 5.74) is 13.6. The monoisotopic (exact) mass is 873 g/mol. The number of methoxy groups -OCH3 is 1. The summed E-state index contributed by atoms with van der Waals surface area (Å²) in [6.45, 7) is 2.02. The fourth-order valence-corrected chi connectivity index (χ4v) is 7.95. The largest absolute Gasteiger partial charge is 0.497 e. The number of azide groups is 1. The molecule has 5 aromatic carbocycles. The molecule has 3 heterocycles. The van der Waals surface area contributed by atoms with Crippen LogP contribution >= 0.6 is 0 Å². The van der Waals surface area contributed by atoms with E-state index in [0.717, 1.165) is 22.3 Å². The van der Waals surface area contributed by atoms with Gasteiger partial charge in [-0.2, -0.15) is 0 Å². The Morgan fingerprint density at radius 1 is 0.672 bits per heavy atom. The Kier molecular flexibility index (Phi) is 15.5. The van der Waals surface area contributed by atoms with Gasteiger partial charge in [-0.1, -0.05) is 126 Å². The number of nitrogens with zero attached hydrogens (tertiary/aromatic N) is 3. The number of benzene rings is 5. The lowest BCUT2D eigenvalue weighted by molar-refractivity contribution is -0.374. The first-order valence-corrected chi connectivity index (χ1v) is 21.2. The molecule has 8 rings (SSSR count). The molecule has 334 valence electrons. The zero-order valence-corrected chi connectivity index (χ0v) is 35.5. The first kappa shape index (κ1) is 44.8. The molecule has 15 heteroatoms. The molecule has 64 heavy (non-hydrogen) atoms. The van der Waals surface area contributed by atoms with Gasteiger partial charge in [0.1, 0.15) is 54.2 Å². The highest BCUT2D eigenvalue weighted by Crippen LogP contribution is 2.40. The van der Waals surface area contributed by atoms with Gasteiger partial charge in [-0.05, 0) is 46.5 Å². The van der Waals surface area contributed by atoms with Gasteiger partial charge in [-0.3, -0.25) is 4.79 Å². The van der Waals surface area contributed by atoms with E-state index < -0.39 is 73.6 Å². The van der Waals surface area contributed by atoms with Crippen molar-refractivity contribution >= 4 is 5.97 Å². The molecular weight excluding hydrogens is 823 g/mol. The number of hydrogen-bond acceptors (Lipinski definition) is 13. The molecule has 0 aliphatic carbocycles. The summed E-state index contributed by atoms with van der Waals surface area (Å²) < 4.78 is 70.9. The third-order valence-corrected chi connectivity index (χ3v) is 11.0. The molecule has 0 spiro atoms. The van der Waals surface area contributed by atoms with Crippen LogP contribution in [-0.4, -0.2) is 87.6 Å².